The summed E-state index contributed by atoms with van der Waals surface area (Å²) in [4.78, 5) is 0. The van der Waals surface area contributed by atoms with Gasteiger partial charge in [-0.3, -0.25) is 4.68 Å². The van der Waals surface area contributed by atoms with Gasteiger partial charge < -0.3 is 4.74 Å². The van der Waals surface area contributed by atoms with E-state index in [0.29, 0.717) is 6.04 Å². The van der Waals surface area contributed by atoms with Crippen LogP contribution in [0.1, 0.15) is 56.7 Å². The van der Waals surface area contributed by atoms with Crippen molar-refractivity contribution < 1.29 is 4.74 Å². The lowest BCUT2D eigenvalue weighted by molar-refractivity contribution is 0.192. The number of aromatic nitrogens is 2. The summed E-state index contributed by atoms with van der Waals surface area (Å²) in [6.07, 6.45) is 11.6. The largest absolute Gasteiger partial charge is 0.385 e. The van der Waals surface area contributed by atoms with Crippen LogP contribution in [0.3, 0.4) is 0 Å². The number of alkyl halides is 1. The maximum absolute atomic E-state index is 6.34. The molecule has 1 heterocycles. The number of halogens is 1. The summed E-state index contributed by atoms with van der Waals surface area (Å²) in [6.45, 7) is 0.791. The molecule has 1 fully saturated rings. The fourth-order valence-electron chi connectivity index (χ4n) is 2.81. The van der Waals surface area contributed by atoms with Gasteiger partial charge >= 0.3 is 0 Å². The molecule has 1 aliphatic carbocycles. The van der Waals surface area contributed by atoms with Crippen molar-refractivity contribution in [1.82, 2.24) is 9.78 Å². The average Bonchev–Trinajstić information content (AvgIpc) is 2.88. The predicted octanol–water partition coefficient (Wildman–Crippen LogP) is 3.96. The topological polar surface area (TPSA) is 27.1 Å². The molecule has 0 saturated heterocycles. The van der Waals surface area contributed by atoms with Crippen molar-refractivity contribution in [1.29, 1.82) is 0 Å². The van der Waals surface area contributed by atoms with Crippen LogP contribution in [0.2, 0.25) is 0 Å². The highest BCUT2D eigenvalue weighted by Crippen LogP contribution is 2.27. The molecule has 2 rings (SSSR count). The first-order valence-corrected chi connectivity index (χ1v) is 7.90. The molecule has 0 aliphatic heterocycles. The Morgan fingerprint density at radius 2 is 2.21 bits per heavy atom. The van der Waals surface area contributed by atoms with E-state index in [9.17, 15) is 0 Å². The molecule has 19 heavy (non-hydrogen) atoms. The van der Waals surface area contributed by atoms with Crippen LogP contribution in [-0.2, 0) is 11.2 Å². The average molecular weight is 285 g/mol. The Hall–Kier alpha value is -0.540. The molecule has 1 aliphatic rings. The van der Waals surface area contributed by atoms with Crippen molar-refractivity contribution in [2.75, 3.05) is 13.7 Å². The summed E-state index contributed by atoms with van der Waals surface area (Å²) in [6, 6.07) is 2.74. The fraction of sp³-hybridized carbons (Fsp3) is 0.800. The molecule has 1 unspecified atom stereocenters. The molecule has 4 heteroatoms. The molecule has 1 atom stereocenters. The summed E-state index contributed by atoms with van der Waals surface area (Å²) in [7, 11) is 1.73. The number of hydrogen-bond acceptors (Lipinski definition) is 2. The minimum Gasteiger partial charge on any atom is -0.385 e. The first kappa shape index (κ1) is 14.9. The standard InChI is InChI=1S/C15H25ClN2O/c1-19-11-5-6-13(16)12-14-9-10-18(17-14)15-7-3-2-4-8-15/h9-10,13,15H,2-8,11-12H2,1H3. The van der Waals surface area contributed by atoms with Crippen LogP contribution in [-0.4, -0.2) is 28.9 Å². The minimum absolute atomic E-state index is 0.171. The molecule has 0 amide bonds. The van der Waals surface area contributed by atoms with E-state index in [0.717, 1.165) is 31.6 Å². The molecule has 1 aromatic heterocycles. The zero-order valence-electron chi connectivity index (χ0n) is 11.9. The molecule has 108 valence electrons. The van der Waals surface area contributed by atoms with Gasteiger partial charge in [0, 0.05) is 31.7 Å². The third kappa shape index (κ3) is 4.81. The van der Waals surface area contributed by atoms with Gasteiger partial charge in [0.2, 0.25) is 0 Å². The van der Waals surface area contributed by atoms with E-state index in [2.05, 4.69) is 16.9 Å². The first-order chi connectivity index (χ1) is 9.29. The van der Waals surface area contributed by atoms with Crippen LogP contribution in [0.4, 0.5) is 0 Å². The Kier molecular flexibility index (Phi) is 6.18. The van der Waals surface area contributed by atoms with Crippen molar-refractivity contribution in [3.05, 3.63) is 18.0 Å². The van der Waals surface area contributed by atoms with Gasteiger partial charge in [0.15, 0.2) is 0 Å². The molecule has 0 spiro atoms. The van der Waals surface area contributed by atoms with E-state index in [4.69, 9.17) is 21.4 Å². The molecule has 0 bridgehead atoms. The third-order valence-electron chi connectivity index (χ3n) is 3.91. The van der Waals surface area contributed by atoms with Gasteiger partial charge in [0.1, 0.15) is 0 Å². The number of hydrogen-bond donors (Lipinski definition) is 0. The normalized spacial score (nSPS) is 18.6. The van der Waals surface area contributed by atoms with Crippen LogP contribution in [0.15, 0.2) is 12.3 Å². The van der Waals surface area contributed by atoms with Gasteiger partial charge in [0.25, 0.3) is 0 Å². The molecular formula is C15H25ClN2O. The SMILES string of the molecule is COCCCC(Cl)Cc1ccn(C2CCCCC2)n1. The molecule has 0 N–H and O–H groups in total. The number of nitrogens with zero attached hydrogens (tertiary/aromatic N) is 2. The Bertz CT molecular complexity index is 361. The van der Waals surface area contributed by atoms with E-state index in [-0.39, 0.29) is 5.38 Å². The Morgan fingerprint density at radius 3 is 2.95 bits per heavy atom. The smallest absolute Gasteiger partial charge is 0.0639 e. The van der Waals surface area contributed by atoms with Gasteiger partial charge in [-0.25, -0.2) is 0 Å². The van der Waals surface area contributed by atoms with E-state index < -0.39 is 0 Å². The molecule has 1 aromatic rings. The highest BCUT2D eigenvalue weighted by molar-refractivity contribution is 6.20. The second kappa shape index (κ2) is 7.91. The second-order valence-corrected chi connectivity index (χ2v) is 6.13. The predicted molar refractivity (Wildman–Crippen MR) is 78.8 cm³/mol. The minimum atomic E-state index is 0.171. The lowest BCUT2D eigenvalue weighted by Gasteiger charge is -2.21. The van der Waals surface area contributed by atoms with Crippen molar-refractivity contribution in [2.24, 2.45) is 0 Å². The van der Waals surface area contributed by atoms with Crippen LogP contribution in [0.5, 0.6) is 0 Å². The highest BCUT2D eigenvalue weighted by atomic mass is 35.5. The summed E-state index contributed by atoms with van der Waals surface area (Å²) in [5.41, 5.74) is 1.13. The van der Waals surface area contributed by atoms with Gasteiger partial charge in [0.05, 0.1) is 11.7 Å². The zero-order chi connectivity index (χ0) is 13.5. The summed E-state index contributed by atoms with van der Waals surface area (Å²) in [5.74, 6) is 0. The number of methoxy groups -OCH3 is 1. The number of rotatable bonds is 7. The molecule has 1 saturated carbocycles. The van der Waals surface area contributed by atoms with E-state index >= 15 is 0 Å². The maximum Gasteiger partial charge on any atom is 0.0639 e. The summed E-state index contributed by atoms with van der Waals surface area (Å²) >= 11 is 6.34. The molecule has 3 nitrogen and oxygen atoms in total. The van der Waals surface area contributed by atoms with Crippen LogP contribution >= 0.6 is 11.6 Å². The summed E-state index contributed by atoms with van der Waals surface area (Å²) in [5, 5.41) is 4.87. The van der Waals surface area contributed by atoms with Crippen LogP contribution in [0, 0.1) is 0 Å². The third-order valence-corrected chi connectivity index (χ3v) is 4.28. The van der Waals surface area contributed by atoms with Crippen molar-refractivity contribution in [2.45, 2.75) is 62.8 Å². The summed E-state index contributed by atoms with van der Waals surface area (Å²) < 4.78 is 7.21. The zero-order valence-corrected chi connectivity index (χ0v) is 12.6. The monoisotopic (exact) mass is 284 g/mol. The number of ether oxygens (including phenoxy) is 1. The van der Waals surface area contributed by atoms with Crippen molar-refractivity contribution in [3.8, 4) is 0 Å². The maximum atomic E-state index is 6.34. The quantitative estimate of drug-likeness (QED) is 0.560. The molecule has 0 aromatic carbocycles. The van der Waals surface area contributed by atoms with Crippen LogP contribution < -0.4 is 0 Å². The van der Waals surface area contributed by atoms with E-state index in [1.807, 2.05) is 0 Å². The fourth-order valence-corrected chi connectivity index (χ4v) is 3.13. The van der Waals surface area contributed by atoms with E-state index in [1.165, 1.54) is 32.1 Å². The lowest BCUT2D eigenvalue weighted by atomic mass is 9.96. The Balaban J connectivity index is 1.79. The van der Waals surface area contributed by atoms with Gasteiger partial charge in [-0.15, -0.1) is 11.6 Å². The lowest BCUT2D eigenvalue weighted by Crippen LogP contribution is -2.14. The second-order valence-electron chi connectivity index (χ2n) is 5.52. The Morgan fingerprint density at radius 1 is 1.42 bits per heavy atom. The van der Waals surface area contributed by atoms with E-state index in [1.54, 1.807) is 7.11 Å². The van der Waals surface area contributed by atoms with Crippen LogP contribution in [0.25, 0.3) is 0 Å². The van der Waals surface area contributed by atoms with Gasteiger partial charge in [-0.2, -0.15) is 5.10 Å². The molecular weight excluding hydrogens is 260 g/mol. The van der Waals surface area contributed by atoms with Crippen molar-refractivity contribution in [3.63, 3.8) is 0 Å². The van der Waals surface area contributed by atoms with Gasteiger partial charge in [-0.05, 0) is 31.7 Å². The first-order valence-electron chi connectivity index (χ1n) is 7.46. The molecule has 0 radical (unpaired) electrons. The Labute approximate surface area is 121 Å². The van der Waals surface area contributed by atoms with Gasteiger partial charge in [-0.1, -0.05) is 19.3 Å². The van der Waals surface area contributed by atoms with Crippen molar-refractivity contribution >= 4 is 11.6 Å². The highest BCUT2D eigenvalue weighted by Gasteiger charge is 2.16.